The Hall–Kier alpha value is -4.48. The fourth-order valence-electron chi connectivity index (χ4n) is 3.85. The molecule has 1 atom stereocenters. The Morgan fingerprint density at radius 2 is 1.97 bits per heavy atom. The van der Waals surface area contributed by atoms with Crippen LogP contribution in [0.5, 0.6) is 11.6 Å². The molecule has 1 aliphatic heterocycles. The van der Waals surface area contributed by atoms with Crippen LogP contribution in [-0.2, 0) is 4.79 Å². The number of amides is 1. The van der Waals surface area contributed by atoms with E-state index in [0.717, 1.165) is 31.0 Å². The number of pyridine rings is 1. The quantitative estimate of drug-likeness (QED) is 0.258. The number of benzene rings is 1. The Balaban J connectivity index is 1.58. The molecule has 3 heterocycles. The number of piperidine rings is 1. The molecular weight excluding hydrogens is 475 g/mol. The predicted octanol–water partition coefficient (Wildman–Crippen LogP) is 3.67. The minimum atomic E-state index is -1.12. The van der Waals surface area contributed by atoms with Gasteiger partial charge in [-0.15, -0.1) is 0 Å². The first-order chi connectivity index (χ1) is 17.3. The average molecular weight is 497 g/mol. The summed E-state index contributed by atoms with van der Waals surface area (Å²) in [5.74, 6) is -4.27. The fourth-order valence-corrected chi connectivity index (χ4v) is 3.85. The zero-order valence-electron chi connectivity index (χ0n) is 19.0. The van der Waals surface area contributed by atoms with Gasteiger partial charge >= 0.3 is 0 Å². The first-order valence-electron chi connectivity index (χ1n) is 10.9. The smallest absolute Gasteiger partial charge is 0.246 e. The second-order valence-electron chi connectivity index (χ2n) is 7.97. The molecule has 0 unspecified atom stereocenters. The Morgan fingerprint density at radius 1 is 1.22 bits per heavy atom. The van der Waals surface area contributed by atoms with E-state index in [-0.39, 0.29) is 40.4 Å². The molecule has 1 saturated heterocycles. The van der Waals surface area contributed by atoms with E-state index in [1.807, 2.05) is 0 Å². The average Bonchev–Trinajstić information content (AvgIpc) is 2.86. The van der Waals surface area contributed by atoms with Crippen molar-refractivity contribution in [3.63, 3.8) is 0 Å². The Morgan fingerprint density at radius 3 is 2.67 bits per heavy atom. The molecule has 0 radical (unpaired) electrons. The maximum atomic E-state index is 14.9. The normalized spacial score (nSPS) is 15.3. The molecule has 1 fully saturated rings. The summed E-state index contributed by atoms with van der Waals surface area (Å²) in [7, 11) is 0. The van der Waals surface area contributed by atoms with Gasteiger partial charge in [0.2, 0.25) is 23.5 Å². The molecule has 3 aromatic rings. The van der Waals surface area contributed by atoms with Gasteiger partial charge in [-0.3, -0.25) is 10.2 Å². The molecule has 1 aliphatic rings. The van der Waals surface area contributed by atoms with Crippen molar-refractivity contribution in [2.75, 3.05) is 24.1 Å². The van der Waals surface area contributed by atoms with Gasteiger partial charge < -0.3 is 20.7 Å². The second-order valence-corrected chi connectivity index (χ2v) is 7.97. The van der Waals surface area contributed by atoms with Crippen LogP contribution in [0.3, 0.4) is 0 Å². The van der Waals surface area contributed by atoms with E-state index in [2.05, 4.69) is 26.8 Å². The summed E-state index contributed by atoms with van der Waals surface area (Å²) in [6.07, 6.45) is 3.92. The first-order valence-corrected chi connectivity index (χ1v) is 10.9. The number of nitrogens with zero attached hydrogens (tertiary/aromatic N) is 4. The van der Waals surface area contributed by atoms with Gasteiger partial charge in [0.05, 0.1) is 16.8 Å². The third kappa shape index (κ3) is 5.11. The molecule has 4 N–H and O–H groups in total. The van der Waals surface area contributed by atoms with Crippen LogP contribution < -0.4 is 15.8 Å². The van der Waals surface area contributed by atoms with Crippen molar-refractivity contribution >= 4 is 23.3 Å². The number of rotatable bonds is 7. The highest BCUT2D eigenvalue weighted by molar-refractivity contribution is 6.16. The van der Waals surface area contributed by atoms with Crippen LogP contribution in [0.4, 0.5) is 24.8 Å². The zero-order valence-corrected chi connectivity index (χ0v) is 19.0. The van der Waals surface area contributed by atoms with E-state index < -0.39 is 29.2 Å². The Labute approximate surface area is 204 Å². The second kappa shape index (κ2) is 10.4. The maximum absolute atomic E-state index is 14.9. The molecule has 9 nitrogen and oxygen atoms in total. The van der Waals surface area contributed by atoms with Crippen LogP contribution >= 0.6 is 0 Å². The van der Waals surface area contributed by atoms with Gasteiger partial charge in [-0.25, -0.2) is 18.7 Å². The van der Waals surface area contributed by atoms with Gasteiger partial charge in [0, 0.05) is 25.2 Å². The van der Waals surface area contributed by atoms with Gasteiger partial charge in [0.15, 0.2) is 11.6 Å². The van der Waals surface area contributed by atoms with Crippen molar-refractivity contribution in [1.82, 2.24) is 19.9 Å². The minimum Gasteiger partial charge on any atom is -0.433 e. The van der Waals surface area contributed by atoms with Crippen LogP contribution in [-0.4, -0.2) is 50.6 Å². The van der Waals surface area contributed by atoms with E-state index in [0.29, 0.717) is 13.1 Å². The topological polar surface area (TPSA) is 130 Å². The molecule has 0 spiro atoms. The summed E-state index contributed by atoms with van der Waals surface area (Å²) < 4.78 is 47.7. The lowest BCUT2D eigenvalue weighted by molar-refractivity contribution is -0.127. The van der Waals surface area contributed by atoms with E-state index >= 15 is 0 Å². The van der Waals surface area contributed by atoms with E-state index in [1.165, 1.54) is 24.5 Å². The number of halogens is 3. The molecule has 12 heteroatoms. The van der Waals surface area contributed by atoms with Crippen LogP contribution in [0.15, 0.2) is 49.3 Å². The van der Waals surface area contributed by atoms with E-state index in [1.54, 1.807) is 4.90 Å². The number of hydrogen-bond acceptors (Lipinski definition) is 8. The number of carbonyl (C=O) groups excluding carboxylic acids is 1. The molecule has 0 aliphatic carbocycles. The Kier molecular flexibility index (Phi) is 7.13. The first kappa shape index (κ1) is 24.6. The van der Waals surface area contributed by atoms with Crippen molar-refractivity contribution in [3.05, 3.63) is 78.0 Å². The number of carbonyl (C=O) groups is 1. The summed E-state index contributed by atoms with van der Waals surface area (Å²) >= 11 is 0. The number of nitrogens with two attached hydrogens (primary N) is 1. The third-order valence-corrected chi connectivity index (χ3v) is 5.59. The van der Waals surface area contributed by atoms with Crippen molar-refractivity contribution in [2.45, 2.75) is 18.9 Å². The predicted molar refractivity (Wildman–Crippen MR) is 126 cm³/mol. The zero-order chi connectivity index (χ0) is 25.8. The summed E-state index contributed by atoms with van der Waals surface area (Å²) in [4.78, 5) is 25.3. The number of nitrogens with one attached hydrogen (secondary N) is 2. The highest BCUT2D eigenvalue weighted by Gasteiger charge is 2.26. The van der Waals surface area contributed by atoms with E-state index in [9.17, 15) is 18.0 Å². The van der Waals surface area contributed by atoms with Crippen molar-refractivity contribution in [1.29, 1.82) is 5.41 Å². The van der Waals surface area contributed by atoms with Crippen LogP contribution in [0.1, 0.15) is 24.0 Å². The lowest BCUT2D eigenvalue weighted by Gasteiger charge is -2.33. The van der Waals surface area contributed by atoms with Gasteiger partial charge in [-0.1, -0.05) is 12.6 Å². The van der Waals surface area contributed by atoms with Gasteiger partial charge in [0.1, 0.15) is 18.0 Å². The number of likely N-dealkylation sites (tertiary alicyclic amines) is 1. The van der Waals surface area contributed by atoms with Crippen molar-refractivity contribution in [3.8, 4) is 11.6 Å². The Bertz CT molecular complexity index is 1310. The molecule has 186 valence electrons. The summed E-state index contributed by atoms with van der Waals surface area (Å²) in [6.45, 7) is 4.49. The summed E-state index contributed by atoms with van der Waals surface area (Å²) in [5, 5.41) is 11.8. The maximum Gasteiger partial charge on any atom is 0.246 e. The summed E-state index contributed by atoms with van der Waals surface area (Å²) in [5.41, 5.74) is 5.44. The molecule has 0 bridgehead atoms. The number of para-hydroxylation sites is 1. The van der Waals surface area contributed by atoms with Crippen molar-refractivity contribution in [2.24, 2.45) is 0 Å². The molecule has 2 aromatic heterocycles. The highest BCUT2D eigenvalue weighted by atomic mass is 19.1. The largest absolute Gasteiger partial charge is 0.433 e. The lowest BCUT2D eigenvalue weighted by atomic mass is 10.0. The lowest BCUT2D eigenvalue weighted by Crippen LogP contribution is -2.44. The standard InChI is InChI=1S/C24H22F3N7O2/c1-2-18(35)34-10-4-5-13(11-34)32-24-19(23(29)30-12-31-24)20(28)14-8-9-17(33-22(14)27)36-21-15(25)6-3-7-16(21)26/h2-3,6-9,12-13,28H,1,4-5,10-11H2,(H3,29,30,31,32)/t13-/m1/s1. The third-order valence-electron chi connectivity index (χ3n) is 5.59. The molecular formula is C24H22F3N7O2. The van der Waals surface area contributed by atoms with E-state index in [4.69, 9.17) is 15.9 Å². The number of hydrogen-bond donors (Lipinski definition) is 3. The monoisotopic (exact) mass is 497 g/mol. The minimum absolute atomic E-state index is 0.0409. The molecule has 36 heavy (non-hydrogen) atoms. The number of ether oxygens (including phenoxy) is 1. The van der Waals surface area contributed by atoms with Gasteiger partial charge in [-0.2, -0.15) is 9.37 Å². The SMILES string of the molecule is C=CC(=O)N1CCC[C@@H](Nc2ncnc(N)c2C(=N)c2ccc(Oc3c(F)cccc3F)nc2F)C1. The molecule has 1 amide bonds. The fraction of sp³-hybridized carbons (Fsp3) is 0.208. The van der Waals surface area contributed by atoms with Crippen LogP contribution in [0.25, 0.3) is 0 Å². The van der Waals surface area contributed by atoms with Crippen LogP contribution in [0.2, 0.25) is 0 Å². The van der Waals surface area contributed by atoms with Crippen molar-refractivity contribution < 1.29 is 22.7 Å². The number of anilines is 2. The summed E-state index contributed by atoms with van der Waals surface area (Å²) in [6, 6.07) is 5.30. The van der Waals surface area contributed by atoms with Gasteiger partial charge in [0.25, 0.3) is 0 Å². The van der Waals surface area contributed by atoms with Gasteiger partial charge in [-0.05, 0) is 37.1 Å². The highest BCUT2D eigenvalue weighted by Crippen LogP contribution is 2.29. The number of nitrogen functional groups attached to an aromatic ring is 1. The van der Waals surface area contributed by atoms with Crippen LogP contribution in [0, 0.1) is 23.0 Å². The molecule has 1 aromatic carbocycles. The molecule has 0 saturated carbocycles. The number of aromatic nitrogens is 3. The molecule has 4 rings (SSSR count).